The molecule has 4 nitrogen and oxygen atoms in total. The van der Waals surface area contributed by atoms with E-state index in [9.17, 15) is 4.79 Å². The fourth-order valence-corrected chi connectivity index (χ4v) is 3.37. The first-order valence-corrected chi connectivity index (χ1v) is 8.60. The minimum atomic E-state index is 0.0283. The number of nitrogens with zero attached hydrogens (tertiary/aromatic N) is 2. The summed E-state index contributed by atoms with van der Waals surface area (Å²) in [6.07, 6.45) is 3.37. The maximum atomic E-state index is 12.2. The molecule has 0 atom stereocenters. The fourth-order valence-electron chi connectivity index (χ4n) is 2.87. The van der Waals surface area contributed by atoms with Crippen molar-refractivity contribution in [2.45, 2.75) is 25.3 Å². The highest BCUT2D eigenvalue weighted by molar-refractivity contribution is 6.35. The number of carbonyl (C=O) groups excluding carboxylic acids is 1. The first-order chi connectivity index (χ1) is 10.6. The summed E-state index contributed by atoms with van der Waals surface area (Å²) in [6.45, 7) is 4.24. The molecule has 1 aliphatic heterocycles. The van der Waals surface area contributed by atoms with Crippen LogP contribution in [0.3, 0.4) is 0 Å². The number of urea groups is 1. The molecule has 1 aromatic rings. The van der Waals surface area contributed by atoms with Crippen molar-refractivity contribution in [3.05, 3.63) is 33.8 Å². The minimum absolute atomic E-state index is 0.0283. The monoisotopic (exact) mass is 341 g/mol. The Balaban J connectivity index is 1.40. The Hall–Kier alpha value is -0.970. The number of nitrogens with one attached hydrogen (secondary N) is 1. The molecular formula is C16H21Cl2N3O. The summed E-state index contributed by atoms with van der Waals surface area (Å²) in [5.41, 5.74) is 1.00. The zero-order chi connectivity index (χ0) is 15.5. The molecule has 2 amide bonds. The van der Waals surface area contributed by atoms with Crippen molar-refractivity contribution in [2.75, 3.05) is 32.7 Å². The number of halogens is 2. The van der Waals surface area contributed by atoms with Crippen LogP contribution in [0, 0.1) is 0 Å². The molecule has 0 unspecified atom stereocenters. The van der Waals surface area contributed by atoms with Crippen LogP contribution in [0.25, 0.3) is 0 Å². The molecule has 0 radical (unpaired) electrons. The molecule has 0 spiro atoms. The van der Waals surface area contributed by atoms with E-state index in [-0.39, 0.29) is 6.03 Å². The Bertz CT molecular complexity index is 540. The van der Waals surface area contributed by atoms with Gasteiger partial charge in [-0.1, -0.05) is 29.3 Å². The third kappa shape index (κ3) is 4.06. The highest BCUT2D eigenvalue weighted by Crippen LogP contribution is 2.27. The largest absolute Gasteiger partial charge is 0.338 e. The van der Waals surface area contributed by atoms with Crippen molar-refractivity contribution in [1.82, 2.24) is 15.1 Å². The Morgan fingerprint density at radius 3 is 2.55 bits per heavy atom. The Kier molecular flexibility index (Phi) is 5.11. The number of amides is 2. The highest BCUT2D eigenvalue weighted by atomic mass is 35.5. The molecule has 120 valence electrons. The molecule has 6 heteroatoms. The smallest absolute Gasteiger partial charge is 0.317 e. The zero-order valence-corrected chi connectivity index (χ0v) is 14.0. The van der Waals surface area contributed by atoms with E-state index in [0.29, 0.717) is 23.0 Å². The summed E-state index contributed by atoms with van der Waals surface area (Å²) in [6, 6.07) is 6.28. The zero-order valence-electron chi connectivity index (χ0n) is 12.5. The standard InChI is InChI=1S/C16H21Cl2N3O/c17-13-2-1-12(15(18)11-13)5-6-19-16(22)21-9-7-20(8-10-21)14-3-4-14/h1-2,11,14H,3-10H2,(H,19,22). The van der Waals surface area contributed by atoms with E-state index in [1.165, 1.54) is 12.8 Å². The number of hydrogen-bond acceptors (Lipinski definition) is 2. The second-order valence-electron chi connectivity index (χ2n) is 5.97. The van der Waals surface area contributed by atoms with Gasteiger partial charge in [-0.05, 0) is 37.0 Å². The van der Waals surface area contributed by atoms with Crippen molar-refractivity contribution in [3.63, 3.8) is 0 Å². The van der Waals surface area contributed by atoms with Gasteiger partial charge in [0.15, 0.2) is 0 Å². The van der Waals surface area contributed by atoms with Crippen molar-refractivity contribution < 1.29 is 4.79 Å². The molecule has 1 aliphatic carbocycles. The molecule has 1 heterocycles. The van der Waals surface area contributed by atoms with Gasteiger partial charge < -0.3 is 10.2 Å². The second-order valence-corrected chi connectivity index (χ2v) is 6.82. The molecule has 1 N–H and O–H groups in total. The van der Waals surface area contributed by atoms with Crippen molar-refractivity contribution in [1.29, 1.82) is 0 Å². The number of benzene rings is 1. The van der Waals surface area contributed by atoms with Gasteiger partial charge in [0.2, 0.25) is 0 Å². The average molecular weight is 342 g/mol. The quantitative estimate of drug-likeness (QED) is 0.913. The lowest BCUT2D eigenvalue weighted by atomic mass is 10.1. The van der Waals surface area contributed by atoms with E-state index in [1.54, 1.807) is 6.07 Å². The van der Waals surface area contributed by atoms with Gasteiger partial charge in [0.25, 0.3) is 0 Å². The molecule has 22 heavy (non-hydrogen) atoms. The Labute approximate surface area is 141 Å². The van der Waals surface area contributed by atoms with E-state index >= 15 is 0 Å². The molecule has 3 rings (SSSR count). The molecule has 2 aliphatic rings. The fraction of sp³-hybridized carbons (Fsp3) is 0.562. The number of carbonyl (C=O) groups is 1. The summed E-state index contributed by atoms with van der Waals surface area (Å²) >= 11 is 12.0. The van der Waals surface area contributed by atoms with Crippen LogP contribution in [0.15, 0.2) is 18.2 Å². The van der Waals surface area contributed by atoms with Crippen LogP contribution in [0.4, 0.5) is 4.79 Å². The van der Waals surface area contributed by atoms with Gasteiger partial charge >= 0.3 is 6.03 Å². The van der Waals surface area contributed by atoms with E-state index in [2.05, 4.69) is 10.2 Å². The summed E-state index contributed by atoms with van der Waals surface area (Å²) in [4.78, 5) is 16.6. The van der Waals surface area contributed by atoms with Crippen LogP contribution < -0.4 is 5.32 Å². The number of hydrogen-bond donors (Lipinski definition) is 1. The van der Waals surface area contributed by atoms with Gasteiger partial charge in [-0.2, -0.15) is 0 Å². The predicted octanol–water partition coefficient (Wildman–Crippen LogP) is 3.03. The lowest BCUT2D eigenvalue weighted by Crippen LogP contribution is -2.52. The summed E-state index contributed by atoms with van der Waals surface area (Å²) in [5, 5.41) is 4.26. The van der Waals surface area contributed by atoms with Crippen LogP contribution in [-0.2, 0) is 6.42 Å². The van der Waals surface area contributed by atoms with Crippen molar-refractivity contribution >= 4 is 29.2 Å². The molecule has 1 aromatic carbocycles. The van der Waals surface area contributed by atoms with Crippen LogP contribution in [0.1, 0.15) is 18.4 Å². The third-order valence-electron chi connectivity index (χ3n) is 4.35. The van der Waals surface area contributed by atoms with Crippen molar-refractivity contribution in [3.8, 4) is 0 Å². The second kappa shape index (κ2) is 7.07. The van der Waals surface area contributed by atoms with E-state index in [4.69, 9.17) is 23.2 Å². The molecule has 2 fully saturated rings. The van der Waals surface area contributed by atoms with Gasteiger partial charge in [-0.25, -0.2) is 4.79 Å². The Morgan fingerprint density at radius 2 is 1.91 bits per heavy atom. The molecule has 0 aromatic heterocycles. The van der Waals surface area contributed by atoms with E-state index < -0.39 is 0 Å². The maximum absolute atomic E-state index is 12.2. The topological polar surface area (TPSA) is 35.6 Å². The molecule has 1 saturated heterocycles. The van der Waals surface area contributed by atoms with Gasteiger partial charge in [0.05, 0.1) is 0 Å². The van der Waals surface area contributed by atoms with Gasteiger partial charge in [0, 0.05) is 48.8 Å². The normalized spacial score (nSPS) is 19.3. The lowest BCUT2D eigenvalue weighted by Gasteiger charge is -2.34. The summed E-state index contributed by atoms with van der Waals surface area (Å²) in [7, 11) is 0. The maximum Gasteiger partial charge on any atom is 0.317 e. The van der Waals surface area contributed by atoms with Gasteiger partial charge in [0.1, 0.15) is 0 Å². The first kappa shape index (κ1) is 15.9. The third-order valence-corrected chi connectivity index (χ3v) is 4.94. The first-order valence-electron chi connectivity index (χ1n) is 7.84. The summed E-state index contributed by atoms with van der Waals surface area (Å²) < 4.78 is 0. The molecular weight excluding hydrogens is 321 g/mol. The average Bonchev–Trinajstić information content (AvgIpc) is 3.34. The summed E-state index contributed by atoms with van der Waals surface area (Å²) in [5.74, 6) is 0. The van der Waals surface area contributed by atoms with E-state index in [1.807, 2.05) is 17.0 Å². The predicted molar refractivity (Wildman–Crippen MR) is 89.7 cm³/mol. The van der Waals surface area contributed by atoms with Crippen LogP contribution in [0.5, 0.6) is 0 Å². The number of rotatable bonds is 4. The van der Waals surface area contributed by atoms with Gasteiger partial charge in [-0.15, -0.1) is 0 Å². The van der Waals surface area contributed by atoms with Crippen LogP contribution in [-0.4, -0.2) is 54.6 Å². The minimum Gasteiger partial charge on any atom is -0.338 e. The van der Waals surface area contributed by atoms with Crippen molar-refractivity contribution in [2.24, 2.45) is 0 Å². The Morgan fingerprint density at radius 1 is 1.18 bits per heavy atom. The SMILES string of the molecule is O=C(NCCc1ccc(Cl)cc1Cl)N1CCN(C2CC2)CC1. The van der Waals surface area contributed by atoms with E-state index in [0.717, 1.165) is 37.8 Å². The number of piperazine rings is 1. The highest BCUT2D eigenvalue weighted by Gasteiger charge is 2.32. The van der Waals surface area contributed by atoms with Crippen LogP contribution in [0.2, 0.25) is 10.0 Å². The molecule has 0 bridgehead atoms. The van der Waals surface area contributed by atoms with Crippen LogP contribution >= 0.6 is 23.2 Å². The molecule has 1 saturated carbocycles. The van der Waals surface area contributed by atoms with Gasteiger partial charge in [-0.3, -0.25) is 4.90 Å². The lowest BCUT2D eigenvalue weighted by molar-refractivity contribution is 0.135.